The zero-order valence-electron chi connectivity index (χ0n) is 16.1. The minimum absolute atomic E-state index is 0.0129. The molecule has 6 rings (SSSR count). The van der Waals surface area contributed by atoms with Crippen LogP contribution in [0.4, 0.5) is 0 Å². The van der Waals surface area contributed by atoms with E-state index in [-0.39, 0.29) is 24.6 Å². The van der Waals surface area contributed by atoms with Gasteiger partial charge in [0.05, 0.1) is 11.7 Å². The summed E-state index contributed by atoms with van der Waals surface area (Å²) in [5.41, 5.74) is -4.83. The van der Waals surface area contributed by atoms with Gasteiger partial charge in [0.2, 0.25) is 0 Å². The number of carbonyl (C=O) groups excluding carboxylic acids is 1. The lowest BCUT2D eigenvalue weighted by atomic mass is 9.45. The van der Waals surface area contributed by atoms with Crippen LogP contribution in [0.3, 0.4) is 0 Å². The van der Waals surface area contributed by atoms with Crippen molar-refractivity contribution in [2.45, 2.75) is 86.9 Å². The fraction of sp³-hybridized carbons (Fsp3) is 0.850. The lowest BCUT2D eigenvalue weighted by Crippen LogP contribution is -2.79. The summed E-state index contributed by atoms with van der Waals surface area (Å²) >= 11 is 0. The number of rotatable bonds is 1. The van der Waals surface area contributed by atoms with Crippen molar-refractivity contribution in [1.82, 2.24) is 0 Å². The molecule has 6 aliphatic rings. The van der Waals surface area contributed by atoms with E-state index in [2.05, 4.69) is 6.92 Å². The number of cyclic esters (lactones) is 1. The van der Waals surface area contributed by atoms with Gasteiger partial charge in [-0.25, -0.2) is 4.79 Å². The second-order valence-electron chi connectivity index (χ2n) is 10.2. The van der Waals surface area contributed by atoms with Gasteiger partial charge in [-0.1, -0.05) is 6.92 Å². The Kier molecular flexibility index (Phi) is 2.86. The molecule has 2 spiro atoms. The molecular formula is C20H26O8. The fourth-order valence-corrected chi connectivity index (χ4v) is 7.31. The molecule has 8 heteroatoms. The fourth-order valence-electron chi connectivity index (χ4n) is 7.31. The van der Waals surface area contributed by atoms with Gasteiger partial charge in [0.1, 0.15) is 36.1 Å². The van der Waals surface area contributed by atoms with Crippen molar-refractivity contribution in [3.8, 4) is 0 Å². The molecule has 3 heterocycles. The Hall–Kier alpha value is -1.03. The number of carbonyl (C=O) groups is 1. The van der Waals surface area contributed by atoms with Crippen molar-refractivity contribution in [2.24, 2.45) is 11.3 Å². The predicted octanol–water partition coefficient (Wildman–Crippen LogP) is -0.828. The van der Waals surface area contributed by atoms with Gasteiger partial charge in [0.25, 0.3) is 0 Å². The number of epoxide rings is 2. The molecule has 2 saturated carbocycles. The van der Waals surface area contributed by atoms with Gasteiger partial charge in [0, 0.05) is 11.0 Å². The zero-order chi connectivity index (χ0) is 20.1. The topological polar surface area (TPSA) is 132 Å². The van der Waals surface area contributed by atoms with E-state index in [0.717, 1.165) is 11.1 Å². The van der Waals surface area contributed by atoms with E-state index in [1.165, 1.54) is 13.8 Å². The third-order valence-corrected chi connectivity index (χ3v) is 8.91. The Bertz CT molecular complexity index is 846. The van der Waals surface area contributed by atoms with E-state index in [0.29, 0.717) is 19.3 Å². The summed E-state index contributed by atoms with van der Waals surface area (Å²) < 4.78 is 17.6. The smallest absolute Gasteiger partial charge is 0.334 e. The largest absolute Gasteiger partial charge is 0.458 e. The highest BCUT2D eigenvalue weighted by atomic mass is 16.7. The number of fused-ring (bicyclic) bond motifs is 2. The highest BCUT2D eigenvalue weighted by Crippen LogP contribution is 2.79. The van der Waals surface area contributed by atoms with Crippen molar-refractivity contribution >= 4 is 5.97 Å². The maximum atomic E-state index is 12.1. The highest BCUT2D eigenvalue weighted by molar-refractivity contribution is 5.92. The first-order chi connectivity index (χ1) is 13.0. The molecular weight excluding hydrogens is 368 g/mol. The molecule has 28 heavy (non-hydrogen) atoms. The van der Waals surface area contributed by atoms with Crippen LogP contribution in [-0.2, 0) is 19.0 Å². The average molecular weight is 394 g/mol. The van der Waals surface area contributed by atoms with E-state index in [1.54, 1.807) is 0 Å². The van der Waals surface area contributed by atoms with Gasteiger partial charge in [-0.3, -0.25) is 0 Å². The molecule has 2 saturated heterocycles. The van der Waals surface area contributed by atoms with Crippen LogP contribution in [0.15, 0.2) is 11.1 Å². The summed E-state index contributed by atoms with van der Waals surface area (Å²) in [5.74, 6) is -0.266. The van der Waals surface area contributed by atoms with E-state index in [4.69, 9.17) is 14.2 Å². The van der Waals surface area contributed by atoms with Gasteiger partial charge in [-0.05, 0) is 44.6 Å². The van der Waals surface area contributed by atoms with Crippen molar-refractivity contribution in [3.05, 3.63) is 11.1 Å². The Morgan fingerprint density at radius 2 is 1.93 bits per heavy atom. The molecule has 4 N–H and O–H groups in total. The van der Waals surface area contributed by atoms with E-state index in [9.17, 15) is 25.2 Å². The molecule has 0 aromatic rings. The van der Waals surface area contributed by atoms with E-state index < -0.39 is 46.1 Å². The maximum Gasteiger partial charge on any atom is 0.334 e. The standard InChI is InChI=1S/C20H26O8/c1-16(2,24)18(25)12(21)13-20(28-13)17(3)5-4-8-9(7-26-14(8)22)10(17)6-11-19(20,27-11)15(18)23/h10-13,15,21,23-25H,4-7H2,1-3H3/t10-,11-,12+,13-,15-,17-,18-,19+,20-/m0/s1. The summed E-state index contributed by atoms with van der Waals surface area (Å²) in [6, 6.07) is 0. The van der Waals surface area contributed by atoms with Crippen LogP contribution in [0, 0.1) is 11.3 Å². The molecule has 0 bridgehead atoms. The van der Waals surface area contributed by atoms with Crippen LogP contribution in [0.5, 0.6) is 0 Å². The summed E-state index contributed by atoms with van der Waals surface area (Å²) in [7, 11) is 0. The van der Waals surface area contributed by atoms with Crippen molar-refractivity contribution in [3.63, 3.8) is 0 Å². The molecule has 0 radical (unpaired) electrons. The van der Waals surface area contributed by atoms with Crippen LogP contribution in [0.1, 0.15) is 40.0 Å². The minimum Gasteiger partial charge on any atom is -0.458 e. The van der Waals surface area contributed by atoms with Gasteiger partial charge in [-0.2, -0.15) is 0 Å². The molecule has 8 nitrogen and oxygen atoms in total. The van der Waals surface area contributed by atoms with Crippen LogP contribution in [0.2, 0.25) is 0 Å². The minimum atomic E-state index is -2.18. The first kappa shape index (κ1) is 17.8. The Morgan fingerprint density at radius 1 is 1.21 bits per heavy atom. The van der Waals surface area contributed by atoms with Crippen molar-refractivity contribution in [2.75, 3.05) is 6.61 Å². The van der Waals surface area contributed by atoms with Crippen LogP contribution < -0.4 is 0 Å². The number of hydrogen-bond acceptors (Lipinski definition) is 8. The molecule has 0 unspecified atom stereocenters. The van der Waals surface area contributed by atoms with Gasteiger partial charge in [0.15, 0.2) is 5.60 Å². The Labute approximate surface area is 162 Å². The summed E-state index contributed by atoms with van der Waals surface area (Å²) in [6.07, 6.45) is -2.33. The summed E-state index contributed by atoms with van der Waals surface area (Å²) in [6.45, 7) is 5.08. The van der Waals surface area contributed by atoms with Crippen molar-refractivity contribution in [1.29, 1.82) is 0 Å². The highest BCUT2D eigenvalue weighted by Gasteiger charge is 2.97. The third-order valence-electron chi connectivity index (χ3n) is 8.91. The predicted molar refractivity (Wildman–Crippen MR) is 91.9 cm³/mol. The molecule has 154 valence electrons. The van der Waals surface area contributed by atoms with Crippen LogP contribution >= 0.6 is 0 Å². The molecule has 0 amide bonds. The lowest BCUT2D eigenvalue weighted by molar-refractivity contribution is -0.268. The Morgan fingerprint density at radius 3 is 2.61 bits per heavy atom. The van der Waals surface area contributed by atoms with Gasteiger partial charge >= 0.3 is 5.97 Å². The number of ether oxygens (including phenoxy) is 3. The maximum absolute atomic E-state index is 12.1. The molecule has 9 atom stereocenters. The van der Waals surface area contributed by atoms with Crippen LogP contribution in [-0.4, -0.2) is 79.8 Å². The number of aliphatic hydroxyl groups excluding tert-OH is 2. The van der Waals surface area contributed by atoms with E-state index >= 15 is 0 Å². The second-order valence-corrected chi connectivity index (χ2v) is 10.2. The molecule has 0 aromatic carbocycles. The summed E-state index contributed by atoms with van der Waals surface area (Å²) in [4.78, 5) is 12.1. The quantitative estimate of drug-likeness (QED) is 0.335. The molecule has 0 aromatic heterocycles. The lowest BCUT2D eigenvalue weighted by Gasteiger charge is -2.57. The van der Waals surface area contributed by atoms with Gasteiger partial charge < -0.3 is 34.6 Å². The number of hydrogen-bond donors (Lipinski definition) is 4. The van der Waals surface area contributed by atoms with E-state index in [1.807, 2.05) is 0 Å². The SMILES string of the molecule is CC(C)(O)[C@]1(O)[C@H](O)[C@@H]2O[C@@]23[C@]2(O[C@H]2C[C@H]2C4=C(CC[C@@]23C)C(=O)OC4)[C@H]1O. The molecule has 4 fully saturated rings. The third kappa shape index (κ3) is 1.46. The van der Waals surface area contributed by atoms with Crippen molar-refractivity contribution < 1.29 is 39.4 Å². The molecule has 3 aliphatic carbocycles. The Balaban J connectivity index is 1.50. The number of esters is 1. The van der Waals surface area contributed by atoms with Gasteiger partial charge in [-0.15, -0.1) is 0 Å². The summed E-state index contributed by atoms with van der Waals surface area (Å²) in [5, 5.41) is 44.2. The monoisotopic (exact) mass is 394 g/mol. The second kappa shape index (κ2) is 4.50. The normalized spacial score (nSPS) is 58.8. The first-order valence-corrected chi connectivity index (χ1v) is 10.0. The number of aliphatic hydroxyl groups is 4. The molecule has 3 aliphatic heterocycles. The average Bonchev–Trinajstić information content (AvgIpc) is 3.50. The first-order valence-electron chi connectivity index (χ1n) is 10.0. The van der Waals surface area contributed by atoms with Crippen LogP contribution in [0.25, 0.3) is 0 Å². The zero-order valence-corrected chi connectivity index (χ0v) is 16.1.